The number of hydrogen-bond acceptors (Lipinski definition) is 4. The van der Waals surface area contributed by atoms with Gasteiger partial charge in [-0.05, 0) is 32.0 Å². The second-order valence-electron chi connectivity index (χ2n) is 4.38. The molecule has 0 unspecified atom stereocenters. The molecule has 5 nitrogen and oxygen atoms in total. The Labute approximate surface area is 110 Å². The minimum Gasteiger partial charge on any atom is -0.486 e. The molecule has 0 amide bonds. The average Bonchev–Trinajstić information content (AvgIpc) is 2.81. The van der Waals surface area contributed by atoms with E-state index in [1.165, 1.54) is 0 Å². The number of nitrogens with zero attached hydrogens (tertiary/aromatic N) is 4. The standard InChI is InChI=1S/C14H14N4O/c1-10-8-11(2)18-14(15-10)16-13(17-18)9-19-12-6-4-3-5-7-12/h3-8H,9H2,1-2H3. The minimum atomic E-state index is 0.339. The van der Waals surface area contributed by atoms with E-state index in [-0.39, 0.29) is 0 Å². The summed E-state index contributed by atoms with van der Waals surface area (Å²) in [5.74, 6) is 2.05. The predicted octanol–water partition coefficient (Wildman–Crippen LogP) is 2.32. The number of hydrogen-bond donors (Lipinski definition) is 0. The molecule has 2 aromatic heterocycles. The van der Waals surface area contributed by atoms with Crippen LogP contribution < -0.4 is 4.74 Å². The number of para-hydroxylation sites is 1. The summed E-state index contributed by atoms with van der Waals surface area (Å²) in [7, 11) is 0. The number of rotatable bonds is 3. The second-order valence-corrected chi connectivity index (χ2v) is 4.38. The number of aromatic nitrogens is 4. The molecule has 0 fully saturated rings. The fraction of sp³-hybridized carbons (Fsp3) is 0.214. The van der Waals surface area contributed by atoms with Gasteiger partial charge in [-0.1, -0.05) is 18.2 Å². The highest BCUT2D eigenvalue weighted by Crippen LogP contribution is 2.11. The Kier molecular flexibility index (Phi) is 2.87. The van der Waals surface area contributed by atoms with Gasteiger partial charge in [0.05, 0.1) is 0 Å². The Morgan fingerprint density at radius 1 is 1.11 bits per heavy atom. The lowest BCUT2D eigenvalue weighted by atomic mass is 10.3. The van der Waals surface area contributed by atoms with Crippen molar-refractivity contribution in [2.24, 2.45) is 0 Å². The van der Waals surface area contributed by atoms with Crippen molar-refractivity contribution in [2.45, 2.75) is 20.5 Å². The maximum Gasteiger partial charge on any atom is 0.252 e. The summed E-state index contributed by atoms with van der Waals surface area (Å²) in [4.78, 5) is 8.71. The van der Waals surface area contributed by atoms with Crippen LogP contribution in [0.25, 0.3) is 5.78 Å². The van der Waals surface area contributed by atoms with Gasteiger partial charge in [0, 0.05) is 11.4 Å². The Bertz CT molecular complexity index is 706. The predicted molar refractivity (Wildman–Crippen MR) is 71.0 cm³/mol. The molecule has 0 saturated carbocycles. The first-order valence-corrected chi connectivity index (χ1v) is 6.10. The molecule has 0 N–H and O–H groups in total. The van der Waals surface area contributed by atoms with E-state index in [1.54, 1.807) is 4.52 Å². The normalized spacial score (nSPS) is 10.8. The second kappa shape index (κ2) is 4.68. The summed E-state index contributed by atoms with van der Waals surface area (Å²) in [5, 5.41) is 4.39. The van der Waals surface area contributed by atoms with Gasteiger partial charge in [0.25, 0.3) is 5.78 Å². The van der Waals surface area contributed by atoms with E-state index < -0.39 is 0 Å². The highest BCUT2D eigenvalue weighted by Gasteiger charge is 2.08. The van der Waals surface area contributed by atoms with Crippen molar-refractivity contribution in [3.05, 3.63) is 53.6 Å². The molecule has 0 bridgehead atoms. The van der Waals surface area contributed by atoms with Gasteiger partial charge >= 0.3 is 0 Å². The first-order chi connectivity index (χ1) is 9.22. The molecular weight excluding hydrogens is 240 g/mol. The zero-order chi connectivity index (χ0) is 13.2. The van der Waals surface area contributed by atoms with Crippen LogP contribution in [-0.4, -0.2) is 19.6 Å². The highest BCUT2D eigenvalue weighted by molar-refractivity contribution is 5.31. The van der Waals surface area contributed by atoms with E-state index in [0.29, 0.717) is 18.2 Å². The van der Waals surface area contributed by atoms with Crippen molar-refractivity contribution in [3.63, 3.8) is 0 Å². The van der Waals surface area contributed by atoms with Gasteiger partial charge < -0.3 is 4.74 Å². The fourth-order valence-electron chi connectivity index (χ4n) is 1.93. The SMILES string of the molecule is Cc1cc(C)n2nc(COc3ccccc3)nc2n1. The van der Waals surface area contributed by atoms with Crippen LogP contribution in [0.1, 0.15) is 17.2 Å². The van der Waals surface area contributed by atoms with Gasteiger partial charge in [-0.25, -0.2) is 9.50 Å². The van der Waals surface area contributed by atoms with Crippen LogP contribution in [0.15, 0.2) is 36.4 Å². The number of ether oxygens (including phenoxy) is 1. The van der Waals surface area contributed by atoms with Crippen LogP contribution in [0.2, 0.25) is 0 Å². The van der Waals surface area contributed by atoms with E-state index in [0.717, 1.165) is 17.1 Å². The summed E-state index contributed by atoms with van der Waals surface area (Å²) < 4.78 is 7.36. The molecule has 1 aromatic carbocycles. The average molecular weight is 254 g/mol. The zero-order valence-corrected chi connectivity index (χ0v) is 10.9. The van der Waals surface area contributed by atoms with Gasteiger partial charge in [-0.2, -0.15) is 4.98 Å². The van der Waals surface area contributed by atoms with Gasteiger partial charge in [-0.15, -0.1) is 5.10 Å². The van der Waals surface area contributed by atoms with Crippen LogP contribution in [0.3, 0.4) is 0 Å². The van der Waals surface area contributed by atoms with E-state index in [4.69, 9.17) is 4.74 Å². The summed E-state index contributed by atoms with van der Waals surface area (Å²) in [6.07, 6.45) is 0. The molecule has 3 aromatic rings. The fourth-order valence-corrected chi connectivity index (χ4v) is 1.93. The Morgan fingerprint density at radius 2 is 1.89 bits per heavy atom. The zero-order valence-electron chi connectivity index (χ0n) is 10.9. The van der Waals surface area contributed by atoms with Crippen molar-refractivity contribution < 1.29 is 4.74 Å². The molecule has 3 rings (SSSR count). The first kappa shape index (κ1) is 11.6. The molecule has 0 aliphatic rings. The van der Waals surface area contributed by atoms with Crippen molar-refractivity contribution >= 4 is 5.78 Å². The smallest absolute Gasteiger partial charge is 0.252 e. The van der Waals surface area contributed by atoms with Gasteiger partial charge in [0.1, 0.15) is 12.4 Å². The van der Waals surface area contributed by atoms with Crippen LogP contribution in [0.5, 0.6) is 5.75 Å². The Balaban J connectivity index is 1.84. The lowest BCUT2D eigenvalue weighted by Gasteiger charge is -2.01. The molecule has 5 heteroatoms. The van der Waals surface area contributed by atoms with Crippen molar-refractivity contribution in [1.29, 1.82) is 0 Å². The van der Waals surface area contributed by atoms with Crippen molar-refractivity contribution in [1.82, 2.24) is 19.6 Å². The molecule has 2 heterocycles. The number of aryl methyl sites for hydroxylation is 2. The highest BCUT2D eigenvalue weighted by atomic mass is 16.5. The summed E-state index contributed by atoms with van der Waals surface area (Å²) in [6, 6.07) is 11.6. The van der Waals surface area contributed by atoms with Gasteiger partial charge in [-0.3, -0.25) is 0 Å². The number of benzene rings is 1. The molecule has 0 radical (unpaired) electrons. The third-order valence-corrected chi connectivity index (χ3v) is 2.77. The van der Waals surface area contributed by atoms with E-state index in [9.17, 15) is 0 Å². The van der Waals surface area contributed by atoms with Crippen LogP contribution in [0.4, 0.5) is 0 Å². The van der Waals surface area contributed by atoms with Crippen LogP contribution in [0, 0.1) is 13.8 Å². The topological polar surface area (TPSA) is 52.3 Å². The summed E-state index contributed by atoms with van der Waals surface area (Å²) >= 11 is 0. The monoisotopic (exact) mass is 254 g/mol. The quantitative estimate of drug-likeness (QED) is 0.719. The largest absolute Gasteiger partial charge is 0.486 e. The first-order valence-electron chi connectivity index (χ1n) is 6.10. The van der Waals surface area contributed by atoms with Crippen molar-refractivity contribution in [2.75, 3.05) is 0 Å². The molecule has 0 spiro atoms. The van der Waals surface area contributed by atoms with E-state index in [1.807, 2.05) is 50.2 Å². The maximum absolute atomic E-state index is 5.63. The Hall–Kier alpha value is -2.43. The Morgan fingerprint density at radius 3 is 2.68 bits per heavy atom. The molecular formula is C14H14N4O. The lowest BCUT2D eigenvalue weighted by molar-refractivity contribution is 0.296. The minimum absolute atomic E-state index is 0.339. The lowest BCUT2D eigenvalue weighted by Crippen LogP contribution is -1.99. The molecule has 96 valence electrons. The molecule has 0 aliphatic heterocycles. The van der Waals surface area contributed by atoms with E-state index >= 15 is 0 Å². The van der Waals surface area contributed by atoms with Crippen molar-refractivity contribution in [3.8, 4) is 5.75 Å². The summed E-state index contributed by atoms with van der Waals surface area (Å²) in [5.41, 5.74) is 1.95. The molecule has 0 aliphatic carbocycles. The third kappa shape index (κ3) is 2.40. The van der Waals surface area contributed by atoms with Gasteiger partial charge in [0.2, 0.25) is 0 Å². The van der Waals surface area contributed by atoms with Gasteiger partial charge in [0.15, 0.2) is 5.82 Å². The van der Waals surface area contributed by atoms with Crippen LogP contribution >= 0.6 is 0 Å². The summed E-state index contributed by atoms with van der Waals surface area (Å²) in [6.45, 7) is 4.27. The number of fused-ring (bicyclic) bond motifs is 1. The molecule has 19 heavy (non-hydrogen) atoms. The van der Waals surface area contributed by atoms with Crippen LogP contribution in [-0.2, 0) is 6.61 Å². The molecule has 0 atom stereocenters. The van der Waals surface area contributed by atoms with E-state index in [2.05, 4.69) is 15.1 Å². The maximum atomic E-state index is 5.63. The third-order valence-electron chi connectivity index (χ3n) is 2.77. The molecule has 0 saturated heterocycles.